The quantitative estimate of drug-likeness (QED) is 0.871. The van der Waals surface area contributed by atoms with Crippen molar-refractivity contribution >= 4 is 0 Å². The van der Waals surface area contributed by atoms with E-state index in [1.165, 1.54) is 24.8 Å². The molecule has 1 aliphatic rings. The molecule has 1 saturated heterocycles. The molecule has 0 radical (unpaired) electrons. The Morgan fingerprint density at radius 3 is 2.88 bits per heavy atom. The third-order valence-electron chi connectivity index (χ3n) is 3.76. The van der Waals surface area contributed by atoms with Crippen molar-refractivity contribution in [3.63, 3.8) is 0 Å². The van der Waals surface area contributed by atoms with Crippen LogP contribution in [0.5, 0.6) is 0 Å². The lowest BCUT2D eigenvalue weighted by molar-refractivity contribution is 0.215. The van der Waals surface area contributed by atoms with Gasteiger partial charge in [0, 0.05) is 18.2 Å². The smallest absolute Gasteiger partial charge is 0.138 e. The van der Waals surface area contributed by atoms with E-state index in [0.717, 1.165) is 31.1 Å². The van der Waals surface area contributed by atoms with Crippen molar-refractivity contribution in [3.05, 3.63) is 17.0 Å². The zero-order valence-corrected chi connectivity index (χ0v) is 11.1. The summed E-state index contributed by atoms with van der Waals surface area (Å²) in [6.07, 6.45) is 3.79. The summed E-state index contributed by atoms with van der Waals surface area (Å²) in [7, 11) is 2.21. The van der Waals surface area contributed by atoms with Crippen LogP contribution in [0.25, 0.3) is 0 Å². The first-order valence-corrected chi connectivity index (χ1v) is 6.51. The van der Waals surface area contributed by atoms with Gasteiger partial charge in [-0.05, 0) is 53.2 Å². The van der Waals surface area contributed by atoms with Gasteiger partial charge in [0.1, 0.15) is 5.76 Å². The van der Waals surface area contributed by atoms with Crippen LogP contribution in [0.2, 0.25) is 0 Å². The second kappa shape index (κ2) is 5.65. The maximum Gasteiger partial charge on any atom is 0.138 e. The number of rotatable bonds is 3. The summed E-state index contributed by atoms with van der Waals surface area (Å²) in [4.78, 5) is 2.44. The molecule has 0 bridgehead atoms. The van der Waals surface area contributed by atoms with E-state index in [4.69, 9.17) is 4.52 Å². The molecule has 0 saturated carbocycles. The molecule has 0 amide bonds. The Morgan fingerprint density at radius 2 is 2.18 bits per heavy atom. The van der Waals surface area contributed by atoms with Crippen LogP contribution in [0.1, 0.15) is 36.3 Å². The van der Waals surface area contributed by atoms with Gasteiger partial charge in [-0.1, -0.05) is 5.16 Å². The molecule has 2 rings (SSSR count). The SMILES string of the molecule is Cc1noc(C)c1CN(C)C1CCCNCC1. The first-order chi connectivity index (χ1) is 8.18. The van der Waals surface area contributed by atoms with Crippen LogP contribution in [0.15, 0.2) is 4.52 Å². The lowest BCUT2D eigenvalue weighted by Gasteiger charge is -2.26. The van der Waals surface area contributed by atoms with Gasteiger partial charge in [0.25, 0.3) is 0 Å². The normalized spacial score (nSPS) is 21.8. The van der Waals surface area contributed by atoms with Crippen molar-refractivity contribution in [3.8, 4) is 0 Å². The van der Waals surface area contributed by atoms with Crippen molar-refractivity contribution in [2.45, 2.75) is 45.7 Å². The summed E-state index contributed by atoms with van der Waals surface area (Å²) >= 11 is 0. The standard InChI is InChI=1S/C13H23N3O/c1-10-13(11(2)17-15-10)9-16(3)12-5-4-7-14-8-6-12/h12,14H,4-9H2,1-3H3. The van der Waals surface area contributed by atoms with E-state index in [0.29, 0.717) is 6.04 Å². The van der Waals surface area contributed by atoms with Gasteiger partial charge in [-0.3, -0.25) is 4.90 Å². The Balaban J connectivity index is 1.98. The molecule has 1 atom stereocenters. The largest absolute Gasteiger partial charge is 0.361 e. The third kappa shape index (κ3) is 3.07. The van der Waals surface area contributed by atoms with E-state index >= 15 is 0 Å². The van der Waals surface area contributed by atoms with Crippen molar-refractivity contribution in [1.29, 1.82) is 0 Å². The molecular weight excluding hydrogens is 214 g/mol. The monoisotopic (exact) mass is 237 g/mol. The fraction of sp³-hybridized carbons (Fsp3) is 0.769. The van der Waals surface area contributed by atoms with Gasteiger partial charge in [-0.2, -0.15) is 0 Å². The molecule has 4 heteroatoms. The van der Waals surface area contributed by atoms with Crippen LogP contribution in [0.4, 0.5) is 0 Å². The van der Waals surface area contributed by atoms with Gasteiger partial charge in [-0.15, -0.1) is 0 Å². The van der Waals surface area contributed by atoms with Gasteiger partial charge in [0.15, 0.2) is 0 Å². The molecule has 0 aromatic carbocycles. The molecule has 17 heavy (non-hydrogen) atoms. The molecule has 2 heterocycles. The number of aromatic nitrogens is 1. The van der Waals surface area contributed by atoms with Gasteiger partial charge in [0.05, 0.1) is 5.69 Å². The van der Waals surface area contributed by atoms with Crippen molar-refractivity contribution < 1.29 is 4.52 Å². The Morgan fingerprint density at radius 1 is 1.35 bits per heavy atom. The molecule has 1 aromatic rings. The number of aryl methyl sites for hydroxylation is 2. The summed E-state index contributed by atoms with van der Waals surface area (Å²) < 4.78 is 5.22. The van der Waals surface area contributed by atoms with E-state index in [2.05, 4.69) is 22.4 Å². The molecule has 4 nitrogen and oxygen atoms in total. The fourth-order valence-electron chi connectivity index (χ4n) is 2.55. The van der Waals surface area contributed by atoms with E-state index in [9.17, 15) is 0 Å². The van der Waals surface area contributed by atoms with Crippen LogP contribution < -0.4 is 5.32 Å². The zero-order chi connectivity index (χ0) is 12.3. The predicted octanol–water partition coefficient (Wildman–Crippen LogP) is 1.87. The second-order valence-electron chi connectivity index (χ2n) is 5.05. The molecular formula is C13H23N3O. The lowest BCUT2D eigenvalue weighted by Crippen LogP contribution is -2.32. The number of hydrogen-bond acceptors (Lipinski definition) is 4. The Labute approximate surface area is 103 Å². The highest BCUT2D eigenvalue weighted by Gasteiger charge is 2.19. The molecule has 0 spiro atoms. The number of nitrogens with one attached hydrogen (secondary N) is 1. The van der Waals surface area contributed by atoms with E-state index in [1.807, 2.05) is 13.8 Å². The summed E-state index contributed by atoms with van der Waals surface area (Å²) in [5.74, 6) is 0.959. The average Bonchev–Trinajstić information content (AvgIpc) is 2.59. The third-order valence-corrected chi connectivity index (χ3v) is 3.76. The van der Waals surface area contributed by atoms with E-state index in [-0.39, 0.29) is 0 Å². The minimum absolute atomic E-state index is 0.679. The second-order valence-corrected chi connectivity index (χ2v) is 5.05. The van der Waals surface area contributed by atoms with Crippen LogP contribution in [0, 0.1) is 13.8 Å². The van der Waals surface area contributed by atoms with Gasteiger partial charge in [0.2, 0.25) is 0 Å². The minimum Gasteiger partial charge on any atom is -0.361 e. The Bertz CT molecular complexity index is 334. The first-order valence-electron chi connectivity index (χ1n) is 6.51. The average molecular weight is 237 g/mol. The predicted molar refractivity (Wildman–Crippen MR) is 68.0 cm³/mol. The minimum atomic E-state index is 0.679. The van der Waals surface area contributed by atoms with Gasteiger partial charge >= 0.3 is 0 Å². The van der Waals surface area contributed by atoms with Gasteiger partial charge in [-0.25, -0.2) is 0 Å². The molecule has 1 N–H and O–H groups in total. The molecule has 1 aliphatic heterocycles. The summed E-state index contributed by atoms with van der Waals surface area (Å²) in [6.45, 7) is 7.27. The van der Waals surface area contributed by atoms with Crippen LogP contribution in [-0.4, -0.2) is 36.2 Å². The maximum absolute atomic E-state index is 5.22. The molecule has 0 aliphatic carbocycles. The van der Waals surface area contributed by atoms with Crippen LogP contribution in [0.3, 0.4) is 0 Å². The van der Waals surface area contributed by atoms with Crippen LogP contribution >= 0.6 is 0 Å². The molecule has 96 valence electrons. The summed E-state index contributed by atoms with van der Waals surface area (Å²) in [6, 6.07) is 0.679. The number of hydrogen-bond donors (Lipinski definition) is 1. The van der Waals surface area contributed by atoms with E-state index < -0.39 is 0 Å². The zero-order valence-electron chi connectivity index (χ0n) is 11.1. The first kappa shape index (κ1) is 12.6. The topological polar surface area (TPSA) is 41.3 Å². The maximum atomic E-state index is 5.22. The number of nitrogens with zero attached hydrogens (tertiary/aromatic N) is 2. The van der Waals surface area contributed by atoms with Gasteiger partial charge < -0.3 is 9.84 Å². The van der Waals surface area contributed by atoms with Crippen LogP contribution in [-0.2, 0) is 6.54 Å². The Hall–Kier alpha value is -0.870. The van der Waals surface area contributed by atoms with E-state index in [1.54, 1.807) is 0 Å². The van der Waals surface area contributed by atoms with Crippen molar-refractivity contribution in [1.82, 2.24) is 15.4 Å². The van der Waals surface area contributed by atoms with Crippen molar-refractivity contribution in [2.24, 2.45) is 0 Å². The highest BCUT2D eigenvalue weighted by molar-refractivity contribution is 5.20. The highest BCUT2D eigenvalue weighted by Crippen LogP contribution is 2.19. The Kier molecular flexibility index (Phi) is 4.18. The summed E-state index contributed by atoms with van der Waals surface area (Å²) in [5, 5.41) is 7.48. The highest BCUT2D eigenvalue weighted by atomic mass is 16.5. The summed E-state index contributed by atoms with van der Waals surface area (Å²) in [5.41, 5.74) is 2.28. The molecule has 1 unspecified atom stereocenters. The lowest BCUT2D eigenvalue weighted by atomic mass is 10.1. The fourth-order valence-corrected chi connectivity index (χ4v) is 2.55. The molecule has 1 fully saturated rings. The van der Waals surface area contributed by atoms with Crippen molar-refractivity contribution in [2.75, 3.05) is 20.1 Å². The molecule has 1 aromatic heterocycles.